The van der Waals surface area contributed by atoms with Crippen LogP contribution in [-0.4, -0.2) is 16.9 Å². The predicted molar refractivity (Wildman–Crippen MR) is 93.1 cm³/mol. The van der Waals surface area contributed by atoms with Crippen LogP contribution in [0.25, 0.3) is 12.2 Å². The molecule has 0 saturated carbocycles. The summed E-state index contributed by atoms with van der Waals surface area (Å²) in [6, 6.07) is 4.14. The number of nitrogens with zero attached hydrogens (tertiary/aromatic N) is 2. The van der Waals surface area contributed by atoms with E-state index in [2.05, 4.69) is 63.9 Å². The number of aromatic amines is 1. The lowest BCUT2D eigenvalue weighted by molar-refractivity contribution is 0.999. The maximum Gasteiger partial charge on any atom is 0.0833 e. The van der Waals surface area contributed by atoms with Gasteiger partial charge in [0.1, 0.15) is 0 Å². The smallest absolute Gasteiger partial charge is 0.0833 e. The Bertz CT molecular complexity index is 1050. The van der Waals surface area contributed by atoms with E-state index in [0.717, 1.165) is 51.2 Å². The summed E-state index contributed by atoms with van der Waals surface area (Å²) in [6.07, 6.45) is 17.4. The molecule has 4 aliphatic rings. The fraction of sp³-hybridized carbons (Fsp3) is 0.0526. The molecule has 4 aliphatic heterocycles. The van der Waals surface area contributed by atoms with E-state index in [-0.39, 0.29) is 0 Å². The maximum absolute atomic E-state index is 4.70. The number of hydrogen-bond acceptors (Lipinski definition) is 3. The largest absolute Gasteiger partial charge is 0.357 e. The minimum absolute atomic E-state index is 0.870. The van der Waals surface area contributed by atoms with E-state index < -0.39 is 0 Å². The summed E-state index contributed by atoms with van der Waals surface area (Å²) < 4.78 is 0. The Morgan fingerprint density at radius 3 is 2.83 bits per heavy atom. The Kier molecular flexibility index (Phi) is 2.52. The molecule has 0 amide bonds. The molecule has 110 valence electrons. The first-order chi connectivity index (χ1) is 11.3. The summed E-state index contributed by atoms with van der Waals surface area (Å²) in [7, 11) is 0. The lowest BCUT2D eigenvalue weighted by Crippen LogP contribution is -2.11. The molecular weight excluding hydrogens is 284 g/mol. The third-order valence-corrected chi connectivity index (χ3v) is 4.13. The Morgan fingerprint density at radius 1 is 0.957 bits per heavy atom. The van der Waals surface area contributed by atoms with Crippen LogP contribution in [0.3, 0.4) is 0 Å². The molecule has 0 atom stereocenters. The monoisotopic (exact) mass is 298 g/mol. The Morgan fingerprint density at radius 2 is 1.87 bits per heavy atom. The number of H-pyrrole nitrogens is 1. The van der Waals surface area contributed by atoms with E-state index in [1.54, 1.807) is 0 Å². The van der Waals surface area contributed by atoms with Crippen LogP contribution in [0.1, 0.15) is 6.42 Å². The molecule has 2 N–H and O–H groups in total. The molecule has 23 heavy (non-hydrogen) atoms. The SMILES string of the molecule is C1=CC2=C3CC=C(C=C4C=C(C=N4)C=c4ccc([nH]4)=CC1=N2)N3. The third-order valence-electron chi connectivity index (χ3n) is 4.13. The van der Waals surface area contributed by atoms with E-state index in [1.165, 1.54) is 0 Å². The molecule has 4 heteroatoms. The van der Waals surface area contributed by atoms with Gasteiger partial charge in [0.15, 0.2) is 0 Å². The van der Waals surface area contributed by atoms with Crippen LogP contribution in [0.4, 0.5) is 0 Å². The van der Waals surface area contributed by atoms with Gasteiger partial charge in [0.2, 0.25) is 0 Å². The summed E-state index contributed by atoms with van der Waals surface area (Å²) in [4.78, 5) is 12.6. The molecule has 4 nitrogen and oxygen atoms in total. The second-order valence-electron chi connectivity index (χ2n) is 5.85. The van der Waals surface area contributed by atoms with E-state index in [4.69, 9.17) is 4.99 Å². The van der Waals surface area contributed by atoms with Gasteiger partial charge in [-0.05, 0) is 54.2 Å². The van der Waals surface area contributed by atoms with Crippen LogP contribution in [0, 0.1) is 0 Å². The topological polar surface area (TPSA) is 52.5 Å². The second kappa shape index (κ2) is 4.68. The highest BCUT2D eigenvalue weighted by Gasteiger charge is 2.14. The first-order valence-electron chi connectivity index (χ1n) is 7.65. The number of aromatic nitrogens is 1. The van der Waals surface area contributed by atoms with Gasteiger partial charge in [-0.25, -0.2) is 4.99 Å². The lowest BCUT2D eigenvalue weighted by atomic mass is 10.2. The minimum atomic E-state index is 0.870. The van der Waals surface area contributed by atoms with Crippen LogP contribution < -0.4 is 16.0 Å². The minimum Gasteiger partial charge on any atom is -0.357 e. The molecule has 8 bridgehead atoms. The van der Waals surface area contributed by atoms with Crippen LogP contribution in [0.2, 0.25) is 0 Å². The van der Waals surface area contributed by atoms with Gasteiger partial charge in [-0.3, -0.25) is 4.99 Å². The number of allylic oxidation sites excluding steroid dienone is 6. The quantitative estimate of drug-likeness (QED) is 0.751. The van der Waals surface area contributed by atoms with Crippen LogP contribution in [0.5, 0.6) is 0 Å². The van der Waals surface area contributed by atoms with Gasteiger partial charge in [-0.2, -0.15) is 0 Å². The first kappa shape index (κ1) is 12.4. The molecule has 1 aromatic heterocycles. The molecule has 0 aliphatic carbocycles. The van der Waals surface area contributed by atoms with Crippen molar-refractivity contribution in [3.05, 3.63) is 81.6 Å². The van der Waals surface area contributed by atoms with Crippen molar-refractivity contribution < 1.29 is 0 Å². The van der Waals surface area contributed by atoms with Gasteiger partial charge < -0.3 is 10.3 Å². The highest BCUT2D eigenvalue weighted by Crippen LogP contribution is 2.23. The molecule has 0 spiro atoms. The Balaban J connectivity index is 1.72. The van der Waals surface area contributed by atoms with Gasteiger partial charge in [0.25, 0.3) is 0 Å². The van der Waals surface area contributed by atoms with Crippen molar-refractivity contribution in [3.63, 3.8) is 0 Å². The molecule has 0 unspecified atom stereocenters. The molecule has 0 fully saturated rings. The molecule has 5 rings (SSSR count). The van der Waals surface area contributed by atoms with Crippen molar-refractivity contribution in [1.82, 2.24) is 10.3 Å². The summed E-state index contributed by atoms with van der Waals surface area (Å²) in [5.41, 5.74) is 6.23. The normalized spacial score (nSPS) is 20.7. The zero-order chi connectivity index (χ0) is 15.2. The summed E-state index contributed by atoms with van der Waals surface area (Å²) in [5, 5.41) is 5.55. The highest BCUT2D eigenvalue weighted by molar-refractivity contribution is 6.19. The highest BCUT2D eigenvalue weighted by atomic mass is 15.0. The predicted octanol–water partition coefficient (Wildman–Crippen LogP) is 1.58. The average molecular weight is 298 g/mol. The zero-order valence-corrected chi connectivity index (χ0v) is 12.4. The fourth-order valence-corrected chi connectivity index (χ4v) is 3.03. The Labute approximate surface area is 133 Å². The van der Waals surface area contributed by atoms with Crippen LogP contribution in [0.15, 0.2) is 80.9 Å². The zero-order valence-electron chi connectivity index (χ0n) is 12.4. The molecular formula is C19H14N4. The van der Waals surface area contributed by atoms with Crippen molar-refractivity contribution in [1.29, 1.82) is 0 Å². The van der Waals surface area contributed by atoms with E-state index >= 15 is 0 Å². The summed E-state index contributed by atoms with van der Waals surface area (Å²) >= 11 is 0. The van der Waals surface area contributed by atoms with Gasteiger partial charge in [-0.1, -0.05) is 6.08 Å². The molecule has 1 aromatic rings. The van der Waals surface area contributed by atoms with Crippen LogP contribution >= 0.6 is 0 Å². The Hall–Kier alpha value is -3.14. The van der Waals surface area contributed by atoms with E-state index in [9.17, 15) is 0 Å². The molecule has 5 heterocycles. The first-order valence-corrected chi connectivity index (χ1v) is 7.65. The molecule has 0 saturated heterocycles. The molecule has 0 aromatic carbocycles. The number of rotatable bonds is 0. The van der Waals surface area contributed by atoms with Gasteiger partial charge in [0.05, 0.1) is 17.1 Å². The van der Waals surface area contributed by atoms with E-state index in [1.807, 2.05) is 12.3 Å². The number of fused-ring (bicyclic) bond motifs is 6. The van der Waals surface area contributed by atoms with Crippen molar-refractivity contribution in [2.75, 3.05) is 0 Å². The number of aliphatic imine (C=N–C) groups is 2. The second-order valence-corrected chi connectivity index (χ2v) is 5.85. The summed E-state index contributed by atoms with van der Waals surface area (Å²) in [6.45, 7) is 0. The fourth-order valence-electron chi connectivity index (χ4n) is 3.03. The van der Waals surface area contributed by atoms with Gasteiger partial charge >= 0.3 is 0 Å². The van der Waals surface area contributed by atoms with E-state index in [0.29, 0.717) is 0 Å². The van der Waals surface area contributed by atoms with Crippen molar-refractivity contribution >= 4 is 24.1 Å². The maximum atomic E-state index is 4.70. The molecule has 0 radical (unpaired) electrons. The summed E-state index contributed by atoms with van der Waals surface area (Å²) in [5.74, 6) is 0. The number of hydrogen-bond donors (Lipinski definition) is 2. The lowest BCUT2D eigenvalue weighted by Gasteiger charge is -2.03. The van der Waals surface area contributed by atoms with Gasteiger partial charge in [0, 0.05) is 34.7 Å². The van der Waals surface area contributed by atoms with Crippen LogP contribution in [-0.2, 0) is 0 Å². The van der Waals surface area contributed by atoms with Crippen molar-refractivity contribution in [2.24, 2.45) is 9.98 Å². The van der Waals surface area contributed by atoms with Crippen molar-refractivity contribution in [2.45, 2.75) is 6.42 Å². The average Bonchev–Trinajstić information content (AvgIpc) is 3.28. The van der Waals surface area contributed by atoms with Crippen molar-refractivity contribution in [3.8, 4) is 0 Å². The van der Waals surface area contributed by atoms with Gasteiger partial charge in [-0.15, -0.1) is 0 Å². The standard InChI is InChI=1S/C19H14N4/c1-2-14-9-15-3-5-18(22-15)19-6-4-16(23-19)10-17-8-12(11-20-17)7-13(1)21-14/h1-5,7-11,21,23H,6H2. The number of nitrogens with one attached hydrogen (secondary N) is 2. The third kappa shape index (κ3) is 2.25.